The monoisotopic (exact) mass is 347 g/mol. The van der Waals surface area contributed by atoms with Gasteiger partial charge in [0, 0.05) is 18.7 Å². The summed E-state index contributed by atoms with van der Waals surface area (Å²) in [6.07, 6.45) is 0.668. The smallest absolute Gasteiger partial charge is 0.423 e. The molecule has 9 heteroatoms. The van der Waals surface area contributed by atoms with Gasteiger partial charge in [0.2, 0.25) is 0 Å². The van der Waals surface area contributed by atoms with Crippen LogP contribution in [-0.2, 0) is 26.7 Å². The van der Waals surface area contributed by atoms with Gasteiger partial charge in [-0.3, -0.25) is 10.1 Å². The molecule has 1 N–H and O–H groups in total. The summed E-state index contributed by atoms with van der Waals surface area (Å²) < 4.78 is 30.1. The largest absolute Gasteiger partial charge is 0.491 e. The number of hydrogen-bond acceptors (Lipinski definition) is 6. The zero-order chi connectivity index (χ0) is 17.3. The van der Waals surface area contributed by atoms with Gasteiger partial charge in [-0.15, -0.1) is 0 Å². The molecule has 0 unspecified atom stereocenters. The molecule has 0 aromatic heterocycles. The second-order valence-electron chi connectivity index (χ2n) is 5.52. The molecule has 1 heterocycles. The van der Waals surface area contributed by atoms with E-state index in [1.165, 1.54) is 12.1 Å². The van der Waals surface area contributed by atoms with Crippen LogP contribution in [0.5, 0.6) is 0 Å². The number of nitrogens with zero attached hydrogens (tertiary/aromatic N) is 1. The fourth-order valence-corrected chi connectivity index (χ4v) is 3.98. The Labute approximate surface area is 139 Å². The lowest BCUT2D eigenvalue weighted by Crippen LogP contribution is -2.41. The van der Waals surface area contributed by atoms with Crippen molar-refractivity contribution in [1.29, 1.82) is 0 Å². The van der Waals surface area contributed by atoms with Gasteiger partial charge in [-0.05, 0) is 35.1 Å². The van der Waals surface area contributed by atoms with Gasteiger partial charge < -0.3 is 9.68 Å². The minimum Gasteiger partial charge on any atom is -0.423 e. The molecule has 24 heavy (non-hydrogen) atoms. The van der Waals surface area contributed by atoms with E-state index in [0.717, 1.165) is 17.7 Å². The highest BCUT2D eigenvalue weighted by atomic mass is 32.2. The Kier molecular flexibility index (Phi) is 4.40. The molecule has 7 nitrogen and oxygen atoms in total. The molecule has 2 aromatic rings. The number of sulfone groups is 1. The van der Waals surface area contributed by atoms with Gasteiger partial charge in [-0.25, -0.2) is 8.42 Å². The van der Waals surface area contributed by atoms with Crippen molar-refractivity contribution >= 4 is 28.1 Å². The van der Waals surface area contributed by atoms with E-state index < -0.39 is 21.9 Å². The molecule has 0 bridgehead atoms. The number of non-ortho nitro benzene ring substituents is 1. The van der Waals surface area contributed by atoms with Gasteiger partial charge in [-0.1, -0.05) is 18.2 Å². The topological polar surface area (TPSA) is 107 Å². The van der Waals surface area contributed by atoms with E-state index in [1.54, 1.807) is 18.2 Å². The zero-order valence-corrected chi connectivity index (χ0v) is 13.4. The number of fused-ring (bicyclic) bond motifs is 1. The van der Waals surface area contributed by atoms with Crippen molar-refractivity contribution in [2.24, 2.45) is 0 Å². The summed E-state index contributed by atoms with van der Waals surface area (Å²) >= 11 is 0. The Hall–Kier alpha value is -2.23. The summed E-state index contributed by atoms with van der Waals surface area (Å²) in [5, 5.41) is 20.5. The van der Waals surface area contributed by atoms with Crippen LogP contribution in [0.25, 0.3) is 0 Å². The lowest BCUT2D eigenvalue weighted by atomic mass is 9.73. The van der Waals surface area contributed by atoms with Crippen molar-refractivity contribution in [3.05, 3.63) is 63.7 Å². The van der Waals surface area contributed by atoms with Crippen molar-refractivity contribution in [2.75, 3.05) is 6.61 Å². The molecule has 3 rings (SSSR count). The second kappa shape index (κ2) is 6.35. The first-order valence-corrected chi connectivity index (χ1v) is 8.90. The minimum absolute atomic E-state index is 0.0163. The highest BCUT2D eigenvalue weighted by molar-refractivity contribution is 7.90. The van der Waals surface area contributed by atoms with Crippen molar-refractivity contribution < 1.29 is 23.0 Å². The third-order valence-electron chi connectivity index (χ3n) is 3.89. The summed E-state index contributed by atoms with van der Waals surface area (Å²) in [5.41, 5.74) is 1.88. The Morgan fingerprint density at radius 3 is 2.58 bits per heavy atom. The molecule has 0 radical (unpaired) electrons. The molecule has 0 atom stereocenters. The molecule has 2 aromatic carbocycles. The minimum atomic E-state index is -3.64. The lowest BCUT2D eigenvalue weighted by Gasteiger charge is -2.19. The number of nitro benzene ring substituents is 1. The van der Waals surface area contributed by atoms with Gasteiger partial charge in [-0.2, -0.15) is 0 Å². The van der Waals surface area contributed by atoms with Crippen LogP contribution in [0.4, 0.5) is 5.69 Å². The maximum atomic E-state index is 12.5. The van der Waals surface area contributed by atoms with E-state index in [9.17, 15) is 23.6 Å². The first kappa shape index (κ1) is 16.6. The number of hydrogen-bond donors (Lipinski definition) is 1. The van der Waals surface area contributed by atoms with Gasteiger partial charge in [0.05, 0.1) is 15.6 Å². The Balaban J connectivity index is 1.87. The van der Waals surface area contributed by atoms with Crippen LogP contribution in [-0.4, -0.2) is 32.1 Å². The van der Waals surface area contributed by atoms with E-state index in [0.29, 0.717) is 24.1 Å². The Bertz CT molecular complexity index is 881. The summed E-state index contributed by atoms with van der Waals surface area (Å²) in [6.45, 7) is 0.425. The summed E-state index contributed by atoms with van der Waals surface area (Å²) in [7, 11) is -4.69. The molecular formula is C15H14BNO6S. The van der Waals surface area contributed by atoms with Gasteiger partial charge in [0.1, 0.15) is 0 Å². The predicted octanol–water partition coefficient (Wildman–Crippen LogP) is 0.829. The average molecular weight is 347 g/mol. The highest BCUT2D eigenvalue weighted by Gasteiger charge is 2.26. The van der Waals surface area contributed by atoms with Crippen LogP contribution >= 0.6 is 0 Å². The normalized spacial score (nSPS) is 14.3. The van der Waals surface area contributed by atoms with Crippen LogP contribution < -0.4 is 5.46 Å². The summed E-state index contributed by atoms with van der Waals surface area (Å²) in [6, 6.07) is 9.91. The van der Waals surface area contributed by atoms with E-state index in [2.05, 4.69) is 0 Å². The molecule has 0 spiro atoms. The quantitative estimate of drug-likeness (QED) is 0.499. The molecule has 1 aliphatic heterocycles. The van der Waals surface area contributed by atoms with Crippen LogP contribution in [0.1, 0.15) is 11.1 Å². The molecule has 0 amide bonds. The van der Waals surface area contributed by atoms with Gasteiger partial charge in [0.25, 0.3) is 5.69 Å². The second-order valence-corrected chi connectivity index (χ2v) is 7.51. The number of nitro groups is 1. The van der Waals surface area contributed by atoms with Crippen molar-refractivity contribution in [3.8, 4) is 0 Å². The zero-order valence-electron chi connectivity index (χ0n) is 12.6. The van der Waals surface area contributed by atoms with Crippen molar-refractivity contribution in [1.82, 2.24) is 0 Å². The number of benzene rings is 2. The van der Waals surface area contributed by atoms with Gasteiger partial charge >= 0.3 is 7.12 Å². The van der Waals surface area contributed by atoms with Crippen LogP contribution in [0, 0.1) is 10.1 Å². The Morgan fingerprint density at radius 1 is 1.21 bits per heavy atom. The molecule has 0 saturated carbocycles. The lowest BCUT2D eigenvalue weighted by molar-refractivity contribution is -0.384. The van der Waals surface area contributed by atoms with E-state index in [-0.39, 0.29) is 16.3 Å². The third kappa shape index (κ3) is 3.33. The maximum Gasteiger partial charge on any atom is 0.491 e. The van der Waals surface area contributed by atoms with Crippen molar-refractivity contribution in [2.45, 2.75) is 17.1 Å². The third-order valence-corrected chi connectivity index (χ3v) is 5.59. The first-order valence-electron chi connectivity index (χ1n) is 7.25. The van der Waals surface area contributed by atoms with Gasteiger partial charge in [0.15, 0.2) is 9.84 Å². The Morgan fingerprint density at radius 2 is 1.92 bits per heavy atom. The highest BCUT2D eigenvalue weighted by Crippen LogP contribution is 2.20. The number of rotatable bonds is 4. The summed E-state index contributed by atoms with van der Waals surface area (Å²) in [5.74, 6) is -0.259. The molecule has 1 aliphatic rings. The van der Waals surface area contributed by atoms with E-state index >= 15 is 0 Å². The van der Waals surface area contributed by atoms with Crippen LogP contribution in [0.2, 0.25) is 0 Å². The molecule has 124 valence electrons. The fourth-order valence-electron chi connectivity index (χ4n) is 2.64. The molecule has 0 fully saturated rings. The first-order chi connectivity index (χ1) is 11.4. The average Bonchev–Trinajstić information content (AvgIpc) is 2.55. The molecule has 0 saturated heterocycles. The fraction of sp³-hybridized carbons (Fsp3) is 0.200. The van der Waals surface area contributed by atoms with Crippen molar-refractivity contribution in [3.63, 3.8) is 0 Å². The maximum absolute atomic E-state index is 12.5. The standard InChI is InChI=1S/C15H14BNO6S/c18-16-15-9-11(1-2-12(15)7-8-23-16)10-24(21,22)14-5-3-13(4-6-14)17(19)20/h1-6,9,18H,7-8,10H2. The SMILES string of the molecule is O=[N+]([O-])c1ccc(S(=O)(=O)Cc2ccc3c(c2)B(O)OCC3)cc1. The van der Waals surface area contributed by atoms with Crippen LogP contribution in [0.3, 0.4) is 0 Å². The van der Waals surface area contributed by atoms with Crippen LogP contribution in [0.15, 0.2) is 47.4 Å². The van der Waals surface area contributed by atoms with E-state index in [1.807, 2.05) is 0 Å². The predicted molar refractivity (Wildman–Crippen MR) is 87.7 cm³/mol. The molecular weight excluding hydrogens is 333 g/mol. The summed E-state index contributed by atoms with van der Waals surface area (Å²) in [4.78, 5) is 10.1. The van der Waals surface area contributed by atoms with E-state index in [4.69, 9.17) is 4.65 Å². The molecule has 0 aliphatic carbocycles.